The van der Waals surface area contributed by atoms with Crippen molar-refractivity contribution in [3.63, 3.8) is 0 Å². The lowest BCUT2D eigenvalue weighted by molar-refractivity contribution is 0.118. The number of aryl methyl sites for hydroxylation is 2. The lowest BCUT2D eigenvalue weighted by atomic mass is 10.1. The van der Waals surface area contributed by atoms with Crippen LogP contribution in [0.5, 0.6) is 0 Å². The summed E-state index contributed by atoms with van der Waals surface area (Å²) in [5.74, 6) is 0.484. The largest absolute Gasteiger partial charge is 0.490 e. The Kier molecular flexibility index (Phi) is 12.7. The average Bonchev–Trinajstić information content (AvgIpc) is 2.80. The van der Waals surface area contributed by atoms with Gasteiger partial charge >= 0.3 is 0 Å². The maximum atomic E-state index is 12.1. The number of allylic oxidation sites excluding steroid dienone is 1. The van der Waals surface area contributed by atoms with Crippen molar-refractivity contribution in [2.75, 3.05) is 34.4 Å². The van der Waals surface area contributed by atoms with Crippen molar-refractivity contribution < 1.29 is 9.47 Å². The van der Waals surface area contributed by atoms with Gasteiger partial charge in [0, 0.05) is 39.7 Å². The third-order valence-electron chi connectivity index (χ3n) is 4.03. The third kappa shape index (κ3) is 10.5. The fourth-order valence-corrected chi connectivity index (χ4v) is 2.50. The predicted molar refractivity (Wildman–Crippen MR) is 131 cm³/mol. The van der Waals surface area contributed by atoms with Crippen LogP contribution in [0.1, 0.15) is 11.3 Å². The summed E-state index contributed by atoms with van der Waals surface area (Å²) in [4.78, 5) is 16.4. The minimum atomic E-state index is -0.0518. The molecule has 8 heteroatoms. The van der Waals surface area contributed by atoms with E-state index in [9.17, 15) is 4.79 Å². The van der Waals surface area contributed by atoms with Crippen LogP contribution in [0.4, 0.5) is 5.69 Å². The molecule has 8 nitrogen and oxygen atoms in total. The van der Waals surface area contributed by atoms with Crippen LogP contribution < -0.4 is 5.43 Å². The second-order valence-corrected chi connectivity index (χ2v) is 6.73. The van der Waals surface area contributed by atoms with Crippen molar-refractivity contribution in [2.24, 2.45) is 10.1 Å². The Morgan fingerprint density at radius 1 is 1.16 bits per heavy atom. The maximum absolute atomic E-state index is 12.1. The minimum Gasteiger partial charge on any atom is -0.490 e. The van der Waals surface area contributed by atoms with Gasteiger partial charge in [0.25, 0.3) is 0 Å². The first-order valence-electron chi connectivity index (χ1n) is 10.2. The molecule has 0 aliphatic rings. The van der Waals surface area contributed by atoms with Crippen LogP contribution >= 0.6 is 0 Å². The van der Waals surface area contributed by atoms with Gasteiger partial charge in [0.1, 0.15) is 18.1 Å². The Labute approximate surface area is 190 Å². The molecule has 0 N–H and O–H groups in total. The van der Waals surface area contributed by atoms with Gasteiger partial charge < -0.3 is 14.5 Å². The van der Waals surface area contributed by atoms with Gasteiger partial charge in [-0.1, -0.05) is 18.7 Å². The van der Waals surface area contributed by atoms with Crippen LogP contribution in [0.2, 0.25) is 0 Å². The van der Waals surface area contributed by atoms with Crippen molar-refractivity contribution in [2.45, 2.75) is 19.4 Å². The molecule has 0 unspecified atom stereocenters. The topological polar surface area (TPSA) is 81.3 Å². The first-order valence-corrected chi connectivity index (χ1v) is 10.2. The van der Waals surface area contributed by atoms with Crippen molar-refractivity contribution >= 4 is 18.1 Å². The molecule has 0 bridgehead atoms. The van der Waals surface area contributed by atoms with Gasteiger partial charge in [-0.2, -0.15) is 10.2 Å². The molecular formula is C24H33N5O3. The lowest BCUT2D eigenvalue weighted by Gasteiger charge is -2.07. The van der Waals surface area contributed by atoms with Crippen LogP contribution in [0, 0.1) is 0 Å². The second kappa shape index (κ2) is 15.3. The van der Waals surface area contributed by atoms with Crippen LogP contribution in [0.3, 0.4) is 0 Å². The molecule has 0 spiro atoms. The highest BCUT2D eigenvalue weighted by atomic mass is 16.5. The van der Waals surface area contributed by atoms with Gasteiger partial charge in [-0.15, -0.1) is 13.2 Å². The number of hydrogen-bond acceptors (Lipinski definition) is 7. The molecule has 1 aromatic heterocycles. The van der Waals surface area contributed by atoms with Gasteiger partial charge in [-0.25, -0.2) is 0 Å². The van der Waals surface area contributed by atoms with E-state index < -0.39 is 0 Å². The van der Waals surface area contributed by atoms with E-state index in [1.165, 1.54) is 0 Å². The summed E-state index contributed by atoms with van der Waals surface area (Å²) in [5.41, 5.74) is 2.40. The molecule has 0 fully saturated rings. The van der Waals surface area contributed by atoms with Crippen LogP contribution in [-0.2, 0) is 28.9 Å². The quantitative estimate of drug-likeness (QED) is 0.167. The minimum absolute atomic E-state index is 0.0518. The Morgan fingerprint density at radius 2 is 1.88 bits per heavy atom. The van der Waals surface area contributed by atoms with E-state index in [2.05, 4.69) is 34.9 Å². The number of ether oxygens (including phenoxy) is 2. The first-order chi connectivity index (χ1) is 15.5. The highest BCUT2D eigenvalue weighted by Gasteiger charge is 2.04. The number of hydrogen-bond donors (Lipinski definition) is 0. The Hall–Kier alpha value is -3.52. The average molecular weight is 440 g/mol. The zero-order valence-corrected chi connectivity index (χ0v) is 19.2. The smallest absolute Gasteiger partial charge is 0.203 e. The molecule has 1 aromatic carbocycles. The number of aromatic nitrogens is 2. The lowest BCUT2D eigenvalue weighted by Crippen LogP contribution is -2.18. The molecule has 1 heterocycles. The normalized spacial score (nSPS) is 10.7. The summed E-state index contributed by atoms with van der Waals surface area (Å²) in [5, 5.41) is 10.3. The fraction of sp³-hybridized carbons (Fsp3) is 0.333. The van der Waals surface area contributed by atoms with Crippen molar-refractivity contribution in [3.05, 3.63) is 83.5 Å². The number of nitrogens with zero attached hydrogens (tertiary/aromatic N) is 5. The highest BCUT2D eigenvalue weighted by molar-refractivity contribution is 5.77. The van der Waals surface area contributed by atoms with Crippen LogP contribution in [0.15, 0.2) is 76.9 Å². The van der Waals surface area contributed by atoms with Gasteiger partial charge in [0.15, 0.2) is 0 Å². The summed E-state index contributed by atoms with van der Waals surface area (Å²) >= 11 is 0. The number of aliphatic imine (C=N–C) groups is 1. The zero-order valence-electron chi connectivity index (χ0n) is 19.2. The molecule has 0 saturated carbocycles. The molecule has 0 amide bonds. The van der Waals surface area contributed by atoms with Gasteiger partial charge in [-0.05, 0) is 30.5 Å². The Balaban J connectivity index is 0.00000249. The summed E-state index contributed by atoms with van der Waals surface area (Å²) in [6.45, 7) is 11.2. The summed E-state index contributed by atoms with van der Waals surface area (Å²) in [6, 6.07) is 9.37. The van der Waals surface area contributed by atoms with E-state index in [0.29, 0.717) is 37.6 Å². The van der Waals surface area contributed by atoms with E-state index in [0.717, 1.165) is 17.7 Å². The van der Waals surface area contributed by atoms with E-state index in [1.54, 1.807) is 41.5 Å². The Bertz CT molecular complexity index is 933. The van der Waals surface area contributed by atoms with Crippen molar-refractivity contribution in [1.82, 2.24) is 14.8 Å². The molecule has 2 aromatic rings. The molecule has 0 radical (unpaired) electrons. The first kappa shape index (κ1) is 26.5. The van der Waals surface area contributed by atoms with Crippen molar-refractivity contribution in [1.29, 1.82) is 0 Å². The summed E-state index contributed by atoms with van der Waals surface area (Å²) < 4.78 is 12.0. The van der Waals surface area contributed by atoms with E-state index in [1.807, 2.05) is 38.4 Å². The summed E-state index contributed by atoms with van der Waals surface area (Å²) in [7, 11) is 5.32. The van der Waals surface area contributed by atoms with Gasteiger partial charge in [0.2, 0.25) is 5.43 Å². The number of methoxy groups -OCH3 is 1. The van der Waals surface area contributed by atoms with Gasteiger partial charge in [-0.3, -0.25) is 14.5 Å². The standard InChI is InChI=1S/C22H29N5O3.C2H4/c1-18(30-16-15-29-4)17-23-20-8-5-19(6-9-20)7-10-21-22(28)11-13-27(25-21)14-12-24-26(2)3;1-2/h5-6,8-9,11-13,17H,1,7,10,14-16H2,2-4H3;1-2H2/b23-17?,24-12-;. The molecular weight excluding hydrogens is 406 g/mol. The molecule has 0 aliphatic carbocycles. The van der Waals surface area contributed by atoms with Crippen LogP contribution in [0.25, 0.3) is 0 Å². The predicted octanol–water partition coefficient (Wildman–Crippen LogP) is 3.26. The van der Waals surface area contributed by atoms with Crippen LogP contribution in [-0.4, -0.2) is 61.6 Å². The van der Waals surface area contributed by atoms with Crippen molar-refractivity contribution in [3.8, 4) is 0 Å². The zero-order chi connectivity index (χ0) is 23.8. The SMILES string of the molecule is C=C.C=C(C=Nc1ccc(CCc2nn(C/C=N\N(C)C)ccc2=O)cc1)OCCOC. The molecule has 0 atom stereocenters. The second-order valence-electron chi connectivity index (χ2n) is 6.73. The monoisotopic (exact) mass is 439 g/mol. The molecule has 0 aliphatic heterocycles. The van der Waals surface area contributed by atoms with Gasteiger partial charge in [0.05, 0.1) is 25.1 Å². The number of rotatable bonds is 12. The molecule has 0 saturated heterocycles. The fourth-order valence-electron chi connectivity index (χ4n) is 2.50. The highest BCUT2D eigenvalue weighted by Crippen LogP contribution is 2.14. The third-order valence-corrected chi connectivity index (χ3v) is 4.03. The molecule has 32 heavy (non-hydrogen) atoms. The summed E-state index contributed by atoms with van der Waals surface area (Å²) in [6.07, 6.45) is 6.29. The van der Waals surface area contributed by atoms with E-state index in [-0.39, 0.29) is 5.43 Å². The number of benzene rings is 1. The maximum Gasteiger partial charge on any atom is 0.203 e. The Morgan fingerprint density at radius 3 is 2.53 bits per heavy atom. The number of hydrazone groups is 1. The molecule has 2 rings (SSSR count). The van der Waals surface area contributed by atoms with E-state index >= 15 is 0 Å². The molecule has 172 valence electrons. The van der Waals surface area contributed by atoms with E-state index in [4.69, 9.17) is 9.47 Å².